The summed E-state index contributed by atoms with van der Waals surface area (Å²) in [7, 11) is 1.63. The molecule has 0 bridgehead atoms. The summed E-state index contributed by atoms with van der Waals surface area (Å²) >= 11 is 0. The van der Waals surface area contributed by atoms with Gasteiger partial charge in [0.2, 0.25) is 0 Å². The van der Waals surface area contributed by atoms with Crippen LogP contribution < -0.4 is 21.7 Å². The third-order valence-corrected chi connectivity index (χ3v) is 4.20. The van der Waals surface area contributed by atoms with E-state index in [9.17, 15) is 4.79 Å². The first kappa shape index (κ1) is 21.2. The molecule has 0 unspecified atom stereocenters. The number of amidine groups is 1. The molecule has 8 heteroatoms. The van der Waals surface area contributed by atoms with Crippen LogP contribution in [0.1, 0.15) is 37.4 Å². The van der Waals surface area contributed by atoms with Gasteiger partial charge in [0.15, 0.2) is 0 Å². The number of aromatic nitrogens is 1. The fourth-order valence-corrected chi connectivity index (χ4v) is 2.71. The van der Waals surface area contributed by atoms with Crippen molar-refractivity contribution < 1.29 is 9.53 Å². The maximum atomic E-state index is 12.5. The summed E-state index contributed by atoms with van der Waals surface area (Å²) in [6.07, 6.45) is 2.14. The van der Waals surface area contributed by atoms with Crippen molar-refractivity contribution >= 4 is 23.4 Å². The van der Waals surface area contributed by atoms with Gasteiger partial charge in [0.1, 0.15) is 11.7 Å². The first-order chi connectivity index (χ1) is 13.5. The average Bonchev–Trinajstić information content (AvgIpc) is 2.70. The van der Waals surface area contributed by atoms with E-state index in [4.69, 9.17) is 15.9 Å². The number of urea groups is 1. The molecule has 0 aliphatic carbocycles. The molecule has 0 radical (unpaired) electrons. The number of pyridine rings is 1. The van der Waals surface area contributed by atoms with Crippen LogP contribution in [0.15, 0.2) is 42.6 Å². The van der Waals surface area contributed by atoms with Gasteiger partial charge in [0.25, 0.3) is 0 Å². The Morgan fingerprint density at radius 3 is 2.64 bits per heavy atom. The zero-order chi connectivity index (χ0) is 20.5. The van der Waals surface area contributed by atoms with Crippen molar-refractivity contribution in [2.24, 2.45) is 0 Å². The normalized spacial score (nSPS) is 12.7. The highest BCUT2D eigenvalue weighted by Gasteiger charge is 2.22. The highest BCUT2D eigenvalue weighted by atomic mass is 16.5. The van der Waals surface area contributed by atoms with Crippen LogP contribution in [-0.2, 0) is 4.74 Å². The second-order valence-corrected chi connectivity index (χ2v) is 6.34. The minimum atomic E-state index is -0.413. The number of amides is 2. The predicted octanol–water partition coefficient (Wildman–Crippen LogP) is 2.89. The van der Waals surface area contributed by atoms with Crippen LogP contribution in [0.4, 0.5) is 16.3 Å². The van der Waals surface area contributed by atoms with Gasteiger partial charge in [-0.05, 0) is 18.9 Å². The molecule has 1 aromatic carbocycles. The van der Waals surface area contributed by atoms with Crippen LogP contribution >= 0.6 is 0 Å². The number of hydrogen-bond acceptors (Lipinski definition) is 5. The molecule has 150 valence electrons. The van der Waals surface area contributed by atoms with Gasteiger partial charge >= 0.3 is 6.03 Å². The topological polar surface area (TPSA) is 125 Å². The average molecular weight is 384 g/mol. The Hall–Kier alpha value is -3.13. The molecular weight excluding hydrogens is 356 g/mol. The van der Waals surface area contributed by atoms with Gasteiger partial charge in [-0.15, -0.1) is 0 Å². The van der Waals surface area contributed by atoms with Crippen molar-refractivity contribution in [1.82, 2.24) is 15.6 Å². The molecule has 6 N–H and O–H groups in total. The van der Waals surface area contributed by atoms with Crippen molar-refractivity contribution in [3.8, 4) is 0 Å². The fourth-order valence-electron chi connectivity index (χ4n) is 2.71. The van der Waals surface area contributed by atoms with Crippen LogP contribution in [0, 0.1) is 5.41 Å². The molecule has 2 atom stereocenters. The summed E-state index contributed by atoms with van der Waals surface area (Å²) < 4.78 is 5.82. The monoisotopic (exact) mass is 384 g/mol. The van der Waals surface area contributed by atoms with E-state index in [2.05, 4.69) is 20.9 Å². The number of anilines is 2. The van der Waals surface area contributed by atoms with E-state index in [-0.39, 0.29) is 18.0 Å². The maximum absolute atomic E-state index is 12.5. The molecular formula is C20H28N6O2. The Morgan fingerprint density at radius 2 is 2.04 bits per heavy atom. The first-order valence-corrected chi connectivity index (χ1v) is 9.22. The van der Waals surface area contributed by atoms with Crippen LogP contribution in [-0.4, -0.2) is 36.6 Å². The van der Waals surface area contributed by atoms with Gasteiger partial charge in [0.05, 0.1) is 17.7 Å². The lowest BCUT2D eigenvalue weighted by molar-refractivity contribution is 0.0418. The molecule has 0 aliphatic heterocycles. The molecule has 2 rings (SSSR count). The van der Waals surface area contributed by atoms with Gasteiger partial charge in [-0.3, -0.25) is 10.7 Å². The molecule has 0 aliphatic rings. The summed E-state index contributed by atoms with van der Waals surface area (Å²) in [4.78, 5) is 16.7. The lowest BCUT2D eigenvalue weighted by Gasteiger charge is -2.26. The molecule has 28 heavy (non-hydrogen) atoms. The van der Waals surface area contributed by atoms with Gasteiger partial charge in [0, 0.05) is 31.6 Å². The number of carbonyl (C=O) groups is 1. The number of benzene rings is 1. The Kier molecular flexibility index (Phi) is 7.76. The van der Waals surface area contributed by atoms with E-state index in [1.165, 1.54) is 12.3 Å². The van der Waals surface area contributed by atoms with Crippen molar-refractivity contribution in [3.05, 3.63) is 53.7 Å². The quantitative estimate of drug-likeness (QED) is 0.353. The number of nitrogens with two attached hydrogens (primary N) is 1. The van der Waals surface area contributed by atoms with E-state index >= 15 is 0 Å². The number of ether oxygens (including phenoxy) is 1. The number of nitrogens with zero attached hydrogens (tertiary/aromatic N) is 1. The number of carbonyl (C=O) groups excluding carboxylic acids is 1. The highest BCUT2D eigenvalue weighted by Crippen LogP contribution is 2.20. The zero-order valence-corrected chi connectivity index (χ0v) is 16.5. The van der Waals surface area contributed by atoms with Crippen molar-refractivity contribution in [1.29, 1.82) is 5.41 Å². The maximum Gasteiger partial charge on any atom is 0.320 e. The van der Waals surface area contributed by atoms with Crippen LogP contribution in [0.5, 0.6) is 0 Å². The van der Waals surface area contributed by atoms with Crippen LogP contribution in [0.25, 0.3) is 0 Å². The smallest absolute Gasteiger partial charge is 0.320 e. The predicted molar refractivity (Wildman–Crippen MR) is 112 cm³/mol. The minimum absolute atomic E-state index is 0.159. The van der Waals surface area contributed by atoms with Crippen LogP contribution in [0.2, 0.25) is 0 Å². The largest absolute Gasteiger partial charge is 0.398 e. The zero-order valence-electron chi connectivity index (χ0n) is 16.5. The summed E-state index contributed by atoms with van der Waals surface area (Å²) in [5.74, 6) is 0.462. The summed E-state index contributed by atoms with van der Waals surface area (Å²) in [5.41, 5.74) is 7.73. The molecule has 2 aromatic rings. The van der Waals surface area contributed by atoms with Crippen LogP contribution in [0.3, 0.4) is 0 Å². The second kappa shape index (κ2) is 10.3. The van der Waals surface area contributed by atoms with Gasteiger partial charge in [-0.2, -0.15) is 0 Å². The number of nitrogen functional groups attached to an aromatic ring is 1. The molecule has 2 amide bonds. The van der Waals surface area contributed by atoms with Gasteiger partial charge in [-0.1, -0.05) is 37.3 Å². The third kappa shape index (κ3) is 5.68. The lowest BCUT2D eigenvalue weighted by atomic mass is 10.0. The van der Waals surface area contributed by atoms with Crippen molar-refractivity contribution in [2.75, 3.05) is 24.7 Å². The SMILES string of the molecule is CCCO[C@H](C)[C@@H](NC(=O)Nc1cc(N)c(C(=N)NC)cn1)c1ccccc1. The fraction of sp³-hybridized carbons (Fsp3) is 0.350. The summed E-state index contributed by atoms with van der Waals surface area (Å²) in [6, 6.07) is 10.5. The second-order valence-electron chi connectivity index (χ2n) is 6.34. The molecule has 1 aromatic heterocycles. The van der Waals surface area contributed by atoms with Gasteiger partial charge < -0.3 is 21.1 Å². The Labute approximate surface area is 165 Å². The summed E-state index contributed by atoms with van der Waals surface area (Å²) in [6.45, 7) is 4.59. The highest BCUT2D eigenvalue weighted by molar-refractivity contribution is 6.01. The Bertz CT molecular complexity index is 797. The standard InChI is InChI=1S/C20H28N6O2/c1-4-10-28-13(2)18(14-8-6-5-7-9-14)26-20(27)25-17-11-16(21)15(12-24-17)19(22)23-3/h5-9,11-13,18H,4,10H2,1-3H3,(H2,22,23)(H4,21,24,25,26,27)/t13-,18-/m1/s1. The number of rotatable bonds is 8. The van der Waals surface area contributed by atoms with E-state index in [0.29, 0.717) is 23.7 Å². The molecule has 8 nitrogen and oxygen atoms in total. The number of hydrogen-bond donors (Lipinski definition) is 5. The molecule has 0 fully saturated rings. The van der Waals surface area contributed by atoms with Crippen molar-refractivity contribution in [2.45, 2.75) is 32.4 Å². The number of nitrogens with one attached hydrogen (secondary N) is 4. The van der Waals surface area contributed by atoms with E-state index in [1.54, 1.807) is 7.05 Å². The Balaban J connectivity index is 2.11. The molecule has 1 heterocycles. The summed E-state index contributed by atoms with van der Waals surface area (Å²) in [5, 5.41) is 16.1. The first-order valence-electron chi connectivity index (χ1n) is 9.22. The lowest BCUT2D eigenvalue weighted by Crippen LogP contribution is -2.39. The molecule has 0 spiro atoms. The van der Waals surface area contributed by atoms with E-state index in [0.717, 1.165) is 12.0 Å². The van der Waals surface area contributed by atoms with E-state index in [1.807, 2.05) is 44.2 Å². The third-order valence-electron chi connectivity index (χ3n) is 4.20. The van der Waals surface area contributed by atoms with Crippen molar-refractivity contribution in [3.63, 3.8) is 0 Å². The molecule has 0 saturated heterocycles. The molecule has 0 saturated carbocycles. The minimum Gasteiger partial charge on any atom is -0.398 e. The Morgan fingerprint density at radius 1 is 1.32 bits per heavy atom. The van der Waals surface area contributed by atoms with E-state index < -0.39 is 6.03 Å². The van der Waals surface area contributed by atoms with Gasteiger partial charge in [-0.25, -0.2) is 9.78 Å².